The molecule has 0 aliphatic rings. The van der Waals surface area contributed by atoms with Crippen LogP contribution < -0.4 is 11.0 Å². The van der Waals surface area contributed by atoms with E-state index >= 15 is 0 Å². The molecule has 1 amide bonds. The molecule has 0 radical (unpaired) electrons. The van der Waals surface area contributed by atoms with Crippen LogP contribution in [0.25, 0.3) is 16.7 Å². The topological polar surface area (TPSA) is 73.8 Å². The molecule has 7 nitrogen and oxygen atoms in total. The van der Waals surface area contributed by atoms with Gasteiger partial charge in [-0.2, -0.15) is 0 Å². The SMILES string of the molecule is CCCn1c(=O)n(CCC(=O)NC(C)c2ccc(-n3ccnc3)cc2)c2ccccc21. The Morgan fingerprint density at radius 1 is 1.03 bits per heavy atom. The highest BCUT2D eigenvalue weighted by atomic mass is 16.2. The van der Waals surface area contributed by atoms with Crippen LogP contribution in [-0.2, 0) is 17.9 Å². The highest BCUT2D eigenvalue weighted by molar-refractivity contribution is 5.78. The van der Waals surface area contributed by atoms with Gasteiger partial charge in [-0.1, -0.05) is 31.2 Å². The van der Waals surface area contributed by atoms with E-state index < -0.39 is 0 Å². The third-order valence-corrected chi connectivity index (χ3v) is 5.51. The molecule has 2 heterocycles. The molecule has 2 aromatic carbocycles. The predicted octanol–water partition coefficient (Wildman–Crippen LogP) is 3.67. The van der Waals surface area contributed by atoms with Crippen LogP contribution >= 0.6 is 0 Å². The van der Waals surface area contributed by atoms with Crippen molar-refractivity contribution in [1.29, 1.82) is 0 Å². The zero-order valence-electron chi connectivity index (χ0n) is 17.9. The average molecular weight is 418 g/mol. The van der Waals surface area contributed by atoms with Crippen molar-refractivity contribution in [2.75, 3.05) is 0 Å². The maximum atomic E-state index is 12.9. The lowest BCUT2D eigenvalue weighted by atomic mass is 10.1. The molecule has 31 heavy (non-hydrogen) atoms. The zero-order valence-corrected chi connectivity index (χ0v) is 17.9. The molecule has 0 aliphatic heterocycles. The molecular formula is C24H27N5O2. The highest BCUT2D eigenvalue weighted by Crippen LogP contribution is 2.17. The fourth-order valence-electron chi connectivity index (χ4n) is 3.89. The number of aromatic nitrogens is 4. The van der Waals surface area contributed by atoms with Crippen molar-refractivity contribution in [2.45, 2.75) is 45.8 Å². The molecule has 4 rings (SSSR count). The number of carbonyl (C=O) groups is 1. The third kappa shape index (κ3) is 4.30. The fourth-order valence-corrected chi connectivity index (χ4v) is 3.89. The number of amides is 1. The Kier molecular flexibility index (Phi) is 6.02. The molecular weight excluding hydrogens is 390 g/mol. The summed E-state index contributed by atoms with van der Waals surface area (Å²) in [6, 6.07) is 15.6. The van der Waals surface area contributed by atoms with Crippen LogP contribution in [0.15, 0.2) is 72.0 Å². The van der Waals surface area contributed by atoms with Crippen LogP contribution in [0.3, 0.4) is 0 Å². The minimum Gasteiger partial charge on any atom is -0.350 e. The molecule has 0 fully saturated rings. The number of nitrogens with one attached hydrogen (secondary N) is 1. The van der Waals surface area contributed by atoms with Gasteiger partial charge in [0.05, 0.1) is 23.4 Å². The van der Waals surface area contributed by atoms with Crippen molar-refractivity contribution < 1.29 is 4.79 Å². The lowest BCUT2D eigenvalue weighted by molar-refractivity contribution is -0.121. The number of nitrogens with zero attached hydrogens (tertiary/aromatic N) is 4. The summed E-state index contributed by atoms with van der Waals surface area (Å²) in [7, 11) is 0. The molecule has 7 heteroatoms. The van der Waals surface area contributed by atoms with E-state index in [0.29, 0.717) is 13.1 Å². The third-order valence-electron chi connectivity index (χ3n) is 5.51. The maximum absolute atomic E-state index is 12.9. The Labute approximate surface area is 181 Å². The van der Waals surface area contributed by atoms with Gasteiger partial charge in [-0.25, -0.2) is 9.78 Å². The molecule has 0 bridgehead atoms. The first-order valence-electron chi connectivity index (χ1n) is 10.6. The van der Waals surface area contributed by atoms with Gasteiger partial charge in [0.2, 0.25) is 5.91 Å². The standard InChI is InChI=1S/C24H27N5O2/c1-3-14-28-21-6-4-5-7-22(21)29(24(28)31)15-12-23(30)26-18(2)19-8-10-20(11-9-19)27-16-13-25-17-27/h4-11,13,16-18H,3,12,14-15H2,1-2H3,(H,26,30). The molecule has 2 aromatic heterocycles. The molecule has 1 unspecified atom stereocenters. The number of aryl methyl sites for hydroxylation is 2. The Hall–Kier alpha value is -3.61. The molecule has 1 N–H and O–H groups in total. The van der Waals surface area contributed by atoms with Gasteiger partial charge < -0.3 is 9.88 Å². The van der Waals surface area contributed by atoms with Gasteiger partial charge in [-0.05, 0) is 43.2 Å². The molecule has 0 saturated carbocycles. The second-order valence-electron chi connectivity index (χ2n) is 7.68. The smallest absolute Gasteiger partial charge is 0.329 e. The number of fused-ring (bicyclic) bond motifs is 1. The molecule has 0 aliphatic carbocycles. The predicted molar refractivity (Wildman–Crippen MR) is 121 cm³/mol. The second kappa shape index (κ2) is 9.04. The van der Waals surface area contributed by atoms with Gasteiger partial charge in [0.25, 0.3) is 0 Å². The van der Waals surface area contributed by atoms with Crippen LogP contribution in [0, 0.1) is 0 Å². The first-order chi connectivity index (χ1) is 15.1. The van der Waals surface area contributed by atoms with E-state index in [2.05, 4.69) is 17.2 Å². The van der Waals surface area contributed by atoms with Crippen LogP contribution in [-0.4, -0.2) is 24.6 Å². The van der Waals surface area contributed by atoms with Crippen molar-refractivity contribution in [3.05, 3.63) is 83.3 Å². The van der Waals surface area contributed by atoms with E-state index in [-0.39, 0.29) is 24.1 Å². The van der Waals surface area contributed by atoms with Crippen LogP contribution in [0.4, 0.5) is 0 Å². The summed E-state index contributed by atoms with van der Waals surface area (Å²) in [4.78, 5) is 29.5. The average Bonchev–Trinajstić information content (AvgIpc) is 3.41. The number of hydrogen-bond donors (Lipinski definition) is 1. The van der Waals surface area contributed by atoms with Crippen molar-refractivity contribution in [2.24, 2.45) is 0 Å². The maximum Gasteiger partial charge on any atom is 0.329 e. The van der Waals surface area contributed by atoms with E-state index in [4.69, 9.17) is 0 Å². The summed E-state index contributed by atoms with van der Waals surface area (Å²) in [6.07, 6.45) is 6.50. The Morgan fingerprint density at radius 2 is 1.71 bits per heavy atom. The van der Waals surface area contributed by atoms with Crippen LogP contribution in [0.5, 0.6) is 0 Å². The van der Waals surface area contributed by atoms with E-state index in [9.17, 15) is 9.59 Å². The number of carbonyl (C=O) groups excluding carboxylic acids is 1. The van der Waals surface area contributed by atoms with Crippen molar-refractivity contribution in [3.8, 4) is 5.69 Å². The van der Waals surface area contributed by atoms with Crippen LogP contribution in [0.2, 0.25) is 0 Å². The van der Waals surface area contributed by atoms with E-state index in [1.807, 2.05) is 66.2 Å². The van der Waals surface area contributed by atoms with Crippen molar-refractivity contribution >= 4 is 16.9 Å². The number of hydrogen-bond acceptors (Lipinski definition) is 3. The number of para-hydroxylation sites is 2. The first-order valence-corrected chi connectivity index (χ1v) is 10.6. The summed E-state index contributed by atoms with van der Waals surface area (Å²) < 4.78 is 5.42. The van der Waals surface area contributed by atoms with E-state index in [1.54, 1.807) is 21.7 Å². The summed E-state index contributed by atoms with van der Waals surface area (Å²) in [6.45, 7) is 5.04. The van der Waals surface area contributed by atoms with Gasteiger partial charge in [0.1, 0.15) is 0 Å². The summed E-state index contributed by atoms with van der Waals surface area (Å²) in [5.74, 6) is -0.0783. The lowest BCUT2D eigenvalue weighted by Gasteiger charge is -2.15. The van der Waals surface area contributed by atoms with Crippen molar-refractivity contribution in [1.82, 2.24) is 24.0 Å². The lowest BCUT2D eigenvalue weighted by Crippen LogP contribution is -2.30. The zero-order chi connectivity index (χ0) is 21.8. The van der Waals surface area contributed by atoms with Gasteiger partial charge in [0.15, 0.2) is 0 Å². The monoisotopic (exact) mass is 417 g/mol. The Balaban J connectivity index is 1.41. The van der Waals surface area contributed by atoms with Gasteiger partial charge in [-0.15, -0.1) is 0 Å². The Morgan fingerprint density at radius 3 is 2.32 bits per heavy atom. The fraction of sp³-hybridized carbons (Fsp3) is 0.292. The van der Waals surface area contributed by atoms with Crippen molar-refractivity contribution in [3.63, 3.8) is 0 Å². The molecule has 1 atom stereocenters. The molecule has 0 spiro atoms. The highest BCUT2D eigenvalue weighted by Gasteiger charge is 2.15. The number of rotatable bonds is 8. The minimum absolute atomic E-state index is 0.0565. The number of benzene rings is 2. The Bertz CT molecular complexity index is 1220. The normalized spacial score (nSPS) is 12.2. The molecule has 160 valence electrons. The summed E-state index contributed by atoms with van der Waals surface area (Å²) in [5.41, 5.74) is 3.77. The first kappa shape index (κ1) is 20.7. The summed E-state index contributed by atoms with van der Waals surface area (Å²) >= 11 is 0. The molecule has 4 aromatic rings. The quantitative estimate of drug-likeness (QED) is 0.475. The van der Waals surface area contributed by atoms with E-state index in [1.165, 1.54) is 0 Å². The minimum atomic E-state index is -0.123. The van der Waals surface area contributed by atoms with Gasteiger partial charge in [0, 0.05) is 37.6 Å². The van der Waals surface area contributed by atoms with E-state index in [0.717, 1.165) is 28.7 Å². The molecule has 0 saturated heterocycles. The number of imidazole rings is 2. The van der Waals surface area contributed by atoms with Gasteiger partial charge >= 0.3 is 5.69 Å². The largest absolute Gasteiger partial charge is 0.350 e. The van der Waals surface area contributed by atoms with Crippen LogP contribution in [0.1, 0.15) is 38.3 Å². The summed E-state index contributed by atoms with van der Waals surface area (Å²) in [5, 5.41) is 3.04. The van der Waals surface area contributed by atoms with Gasteiger partial charge in [-0.3, -0.25) is 13.9 Å². The second-order valence-corrected chi connectivity index (χ2v) is 7.68.